The van der Waals surface area contributed by atoms with Crippen LogP contribution >= 0.6 is 23.1 Å². The van der Waals surface area contributed by atoms with Crippen molar-refractivity contribution in [2.45, 2.75) is 93.3 Å². The first-order valence-electron chi connectivity index (χ1n) is 11.1. The molecule has 2 fully saturated rings. The SMILES string of the molecule is CCOC(=O)CCSc1cnc(NC(=O)N(C2CCCCC2)C2CCCC(F)(F)C2)s1. The van der Waals surface area contributed by atoms with Crippen molar-refractivity contribution in [1.82, 2.24) is 9.88 Å². The zero-order chi connectivity index (χ0) is 22.3. The van der Waals surface area contributed by atoms with Crippen molar-refractivity contribution < 1.29 is 23.1 Å². The average Bonchev–Trinajstić information content (AvgIpc) is 3.15. The lowest BCUT2D eigenvalue weighted by Gasteiger charge is -2.43. The minimum Gasteiger partial charge on any atom is -0.466 e. The Morgan fingerprint density at radius 2 is 2.00 bits per heavy atom. The van der Waals surface area contributed by atoms with Gasteiger partial charge in [-0.2, -0.15) is 0 Å². The lowest BCUT2D eigenvalue weighted by molar-refractivity contribution is -0.142. The molecule has 0 spiro atoms. The number of hydrogen-bond acceptors (Lipinski definition) is 6. The summed E-state index contributed by atoms with van der Waals surface area (Å²) in [5, 5.41) is 3.30. The molecular formula is C21H31F2N3O3S2. The van der Waals surface area contributed by atoms with Crippen LogP contribution in [0.1, 0.15) is 71.1 Å². The Hall–Kier alpha value is -1.42. The number of nitrogens with zero attached hydrogens (tertiary/aromatic N) is 2. The second kappa shape index (κ2) is 11.4. The molecule has 1 aromatic heterocycles. The molecule has 0 aliphatic heterocycles. The molecule has 31 heavy (non-hydrogen) atoms. The van der Waals surface area contributed by atoms with Crippen molar-refractivity contribution in [3.63, 3.8) is 0 Å². The number of carbonyl (C=O) groups excluding carboxylic acids is 2. The summed E-state index contributed by atoms with van der Waals surface area (Å²) in [6.07, 6.45) is 7.58. The number of halogens is 2. The molecule has 1 atom stereocenters. The average molecular weight is 476 g/mol. The largest absolute Gasteiger partial charge is 0.466 e. The second-order valence-corrected chi connectivity index (χ2v) is 10.5. The highest BCUT2D eigenvalue weighted by Gasteiger charge is 2.42. The van der Waals surface area contributed by atoms with E-state index >= 15 is 0 Å². The zero-order valence-electron chi connectivity index (χ0n) is 17.9. The Bertz CT molecular complexity index is 741. The molecule has 174 valence electrons. The van der Waals surface area contributed by atoms with E-state index in [-0.39, 0.29) is 30.9 Å². The molecule has 1 N–H and O–H groups in total. The van der Waals surface area contributed by atoms with E-state index in [1.807, 2.05) is 0 Å². The van der Waals surface area contributed by atoms with Crippen LogP contribution in [0, 0.1) is 0 Å². The number of amides is 2. The predicted octanol–water partition coefficient (Wildman–Crippen LogP) is 5.93. The number of anilines is 1. The highest BCUT2D eigenvalue weighted by molar-refractivity contribution is 8.01. The second-order valence-electron chi connectivity index (χ2n) is 8.12. The lowest BCUT2D eigenvalue weighted by atomic mass is 9.87. The van der Waals surface area contributed by atoms with Crippen molar-refractivity contribution in [3.05, 3.63) is 6.20 Å². The van der Waals surface area contributed by atoms with Crippen molar-refractivity contribution in [3.8, 4) is 0 Å². The monoisotopic (exact) mass is 475 g/mol. The molecule has 1 aromatic rings. The summed E-state index contributed by atoms with van der Waals surface area (Å²) in [5.74, 6) is -2.37. The molecular weight excluding hydrogens is 444 g/mol. The van der Waals surface area contributed by atoms with Gasteiger partial charge in [0.05, 0.1) is 23.4 Å². The summed E-state index contributed by atoms with van der Waals surface area (Å²) in [6, 6.07) is -0.761. The molecule has 1 unspecified atom stereocenters. The lowest BCUT2D eigenvalue weighted by Crippen LogP contribution is -2.52. The summed E-state index contributed by atoms with van der Waals surface area (Å²) >= 11 is 2.81. The van der Waals surface area contributed by atoms with Crippen LogP contribution in [0.2, 0.25) is 0 Å². The molecule has 1 heterocycles. The highest BCUT2D eigenvalue weighted by atomic mass is 32.2. The predicted molar refractivity (Wildman–Crippen MR) is 119 cm³/mol. The van der Waals surface area contributed by atoms with Gasteiger partial charge in [-0.3, -0.25) is 10.1 Å². The van der Waals surface area contributed by atoms with Gasteiger partial charge in [-0.05, 0) is 32.6 Å². The van der Waals surface area contributed by atoms with Gasteiger partial charge in [0.2, 0.25) is 5.92 Å². The van der Waals surface area contributed by atoms with Crippen molar-refractivity contribution >= 4 is 40.2 Å². The Kier molecular flexibility index (Phi) is 8.95. The summed E-state index contributed by atoms with van der Waals surface area (Å²) in [7, 11) is 0. The molecule has 0 bridgehead atoms. The maximum absolute atomic E-state index is 14.1. The maximum atomic E-state index is 14.1. The molecule has 0 aromatic carbocycles. The third-order valence-corrected chi connectivity index (χ3v) is 7.87. The third-order valence-electron chi connectivity index (χ3n) is 5.76. The number of ether oxygens (including phenoxy) is 1. The first-order chi connectivity index (χ1) is 14.9. The van der Waals surface area contributed by atoms with E-state index < -0.39 is 12.0 Å². The fourth-order valence-electron chi connectivity index (χ4n) is 4.38. The van der Waals surface area contributed by atoms with Crippen LogP contribution in [0.5, 0.6) is 0 Å². The molecule has 2 saturated carbocycles. The van der Waals surface area contributed by atoms with Crippen LogP contribution in [0.3, 0.4) is 0 Å². The number of rotatable bonds is 8. The van der Waals surface area contributed by atoms with E-state index in [0.29, 0.717) is 36.8 Å². The zero-order valence-corrected chi connectivity index (χ0v) is 19.5. The topological polar surface area (TPSA) is 71.5 Å². The maximum Gasteiger partial charge on any atom is 0.324 e. The molecule has 2 amide bonds. The van der Waals surface area contributed by atoms with Gasteiger partial charge in [0.25, 0.3) is 0 Å². The van der Waals surface area contributed by atoms with E-state index in [1.165, 1.54) is 23.1 Å². The van der Waals surface area contributed by atoms with Crippen molar-refractivity contribution in [2.75, 3.05) is 17.7 Å². The molecule has 0 saturated heterocycles. The molecule has 0 radical (unpaired) electrons. The summed E-state index contributed by atoms with van der Waals surface area (Å²) in [4.78, 5) is 30.6. The Balaban J connectivity index is 1.61. The number of esters is 1. The van der Waals surface area contributed by atoms with E-state index in [9.17, 15) is 18.4 Å². The van der Waals surface area contributed by atoms with Gasteiger partial charge in [-0.25, -0.2) is 18.6 Å². The Labute approximate surface area is 190 Å². The number of nitrogens with one attached hydrogen (secondary N) is 1. The standard InChI is InChI=1S/C21H31F2N3O3S2/c1-2-29-17(27)10-12-30-18-14-24-19(31-18)25-20(28)26(15-7-4-3-5-8-15)16-9-6-11-21(22,23)13-16/h14-16H,2-13H2,1H3,(H,24,25,28). The van der Waals surface area contributed by atoms with Gasteiger partial charge >= 0.3 is 12.0 Å². The number of urea groups is 1. The normalized spacial score (nSPS) is 21.5. The molecule has 6 nitrogen and oxygen atoms in total. The van der Waals surface area contributed by atoms with Gasteiger partial charge in [-0.15, -0.1) is 11.8 Å². The van der Waals surface area contributed by atoms with E-state index in [0.717, 1.165) is 36.3 Å². The number of thiazole rings is 1. The van der Waals surface area contributed by atoms with Crippen LogP contribution in [-0.2, 0) is 9.53 Å². The van der Waals surface area contributed by atoms with Crippen LogP contribution in [0.25, 0.3) is 0 Å². The van der Waals surface area contributed by atoms with Gasteiger partial charge < -0.3 is 9.64 Å². The van der Waals surface area contributed by atoms with Crippen LogP contribution in [0.4, 0.5) is 18.7 Å². The Morgan fingerprint density at radius 3 is 2.71 bits per heavy atom. The quantitative estimate of drug-likeness (QED) is 0.373. The molecule has 2 aliphatic rings. The third kappa shape index (κ3) is 7.30. The van der Waals surface area contributed by atoms with Gasteiger partial charge in [-0.1, -0.05) is 30.6 Å². The number of aromatic nitrogens is 1. The first kappa shape index (κ1) is 24.2. The number of alkyl halides is 2. The summed E-state index contributed by atoms with van der Waals surface area (Å²) < 4.78 is 34.0. The number of carbonyl (C=O) groups is 2. The minimum absolute atomic E-state index is 0.00559. The van der Waals surface area contributed by atoms with Gasteiger partial charge in [0.15, 0.2) is 5.13 Å². The molecule has 2 aliphatic carbocycles. The minimum atomic E-state index is -2.71. The first-order valence-corrected chi connectivity index (χ1v) is 12.9. The van der Waals surface area contributed by atoms with E-state index in [1.54, 1.807) is 18.0 Å². The van der Waals surface area contributed by atoms with E-state index in [2.05, 4.69) is 10.3 Å². The fraction of sp³-hybridized carbons (Fsp3) is 0.762. The number of hydrogen-bond donors (Lipinski definition) is 1. The Morgan fingerprint density at radius 1 is 1.26 bits per heavy atom. The summed E-state index contributed by atoms with van der Waals surface area (Å²) in [5.41, 5.74) is 0. The van der Waals surface area contributed by atoms with Crippen molar-refractivity contribution in [2.24, 2.45) is 0 Å². The number of thioether (sulfide) groups is 1. The smallest absolute Gasteiger partial charge is 0.324 e. The van der Waals surface area contributed by atoms with Gasteiger partial charge in [0.1, 0.15) is 0 Å². The molecule has 3 rings (SSSR count). The van der Waals surface area contributed by atoms with Crippen molar-refractivity contribution in [1.29, 1.82) is 0 Å². The summed E-state index contributed by atoms with van der Waals surface area (Å²) in [6.45, 7) is 2.14. The van der Waals surface area contributed by atoms with Crippen LogP contribution in [0.15, 0.2) is 10.4 Å². The van der Waals surface area contributed by atoms with Crippen LogP contribution < -0.4 is 5.32 Å². The highest BCUT2D eigenvalue weighted by Crippen LogP contribution is 2.38. The fourth-order valence-corrected chi connectivity index (χ4v) is 6.24. The van der Waals surface area contributed by atoms with Gasteiger partial charge in [0, 0.05) is 30.7 Å². The van der Waals surface area contributed by atoms with E-state index in [4.69, 9.17) is 4.74 Å². The van der Waals surface area contributed by atoms with Crippen LogP contribution in [-0.4, -0.2) is 52.3 Å². The molecule has 10 heteroatoms.